The van der Waals surface area contributed by atoms with Gasteiger partial charge in [-0.1, -0.05) is 30.3 Å². The molecule has 1 aromatic heterocycles. The highest BCUT2D eigenvalue weighted by Crippen LogP contribution is 2.35. The molecule has 7 nitrogen and oxygen atoms in total. The van der Waals surface area contributed by atoms with Crippen molar-refractivity contribution in [2.75, 3.05) is 5.32 Å². The third-order valence-electron chi connectivity index (χ3n) is 5.02. The molecule has 2 heterocycles. The van der Waals surface area contributed by atoms with Crippen LogP contribution in [0.15, 0.2) is 76.4 Å². The molecule has 0 unspecified atom stereocenters. The van der Waals surface area contributed by atoms with Crippen molar-refractivity contribution < 1.29 is 14.4 Å². The zero-order valence-electron chi connectivity index (χ0n) is 18.5. The number of imide groups is 1. The average Bonchev–Trinajstić information content (AvgIpc) is 2.98. The molecule has 0 bridgehead atoms. The minimum Gasteiger partial charge on any atom is -0.350 e. The molecular formula is C25H22N4O3S. The van der Waals surface area contributed by atoms with E-state index in [1.165, 1.54) is 11.8 Å². The van der Waals surface area contributed by atoms with Crippen molar-refractivity contribution in [2.45, 2.75) is 32.5 Å². The number of amides is 2. The molecule has 166 valence electrons. The van der Waals surface area contributed by atoms with Gasteiger partial charge in [0.15, 0.2) is 10.9 Å². The van der Waals surface area contributed by atoms with Crippen molar-refractivity contribution in [3.05, 3.63) is 93.8 Å². The van der Waals surface area contributed by atoms with Gasteiger partial charge in [0.25, 0.3) is 11.8 Å². The third-order valence-corrected chi connectivity index (χ3v) is 5.97. The minimum atomic E-state index is -0.425. The first-order chi connectivity index (χ1) is 15.8. The van der Waals surface area contributed by atoms with Crippen molar-refractivity contribution in [1.29, 1.82) is 0 Å². The number of nitrogens with one attached hydrogen (secondary N) is 1. The van der Waals surface area contributed by atoms with Crippen LogP contribution in [0.5, 0.6) is 0 Å². The summed E-state index contributed by atoms with van der Waals surface area (Å²) in [7, 11) is 0. The van der Waals surface area contributed by atoms with Crippen LogP contribution in [-0.2, 0) is 16.1 Å². The van der Waals surface area contributed by atoms with E-state index in [9.17, 15) is 14.4 Å². The lowest BCUT2D eigenvalue weighted by Gasteiger charge is -2.15. The van der Waals surface area contributed by atoms with Crippen molar-refractivity contribution in [2.24, 2.45) is 0 Å². The Labute approximate surface area is 195 Å². The summed E-state index contributed by atoms with van der Waals surface area (Å²) in [4.78, 5) is 48.5. The Bertz CT molecular complexity index is 1250. The predicted molar refractivity (Wildman–Crippen MR) is 126 cm³/mol. The third kappa shape index (κ3) is 5.01. The van der Waals surface area contributed by atoms with Gasteiger partial charge in [0.1, 0.15) is 10.6 Å². The molecule has 0 aliphatic carbocycles. The van der Waals surface area contributed by atoms with Crippen LogP contribution >= 0.6 is 11.8 Å². The molecule has 2 aromatic carbocycles. The van der Waals surface area contributed by atoms with E-state index in [1.807, 2.05) is 50.2 Å². The van der Waals surface area contributed by atoms with E-state index in [1.54, 1.807) is 24.3 Å². The van der Waals surface area contributed by atoms with E-state index in [4.69, 9.17) is 0 Å². The molecule has 1 N–H and O–H groups in total. The summed E-state index contributed by atoms with van der Waals surface area (Å²) in [6, 6.07) is 17.9. The number of hydrogen-bond acceptors (Lipinski definition) is 7. The first kappa shape index (κ1) is 22.4. The summed E-state index contributed by atoms with van der Waals surface area (Å²) in [5.74, 6) is -0.879. The quantitative estimate of drug-likeness (QED) is 0.321. The summed E-state index contributed by atoms with van der Waals surface area (Å²) in [6.07, 6.45) is 0. The molecule has 0 fully saturated rings. The van der Waals surface area contributed by atoms with E-state index in [2.05, 4.69) is 15.3 Å². The maximum absolute atomic E-state index is 13.3. The number of benzene rings is 2. The number of thioether (sulfide) groups is 1. The first-order valence-corrected chi connectivity index (χ1v) is 11.2. The molecule has 3 aromatic rings. The highest BCUT2D eigenvalue weighted by atomic mass is 32.2. The van der Waals surface area contributed by atoms with Gasteiger partial charge in [-0.25, -0.2) is 9.97 Å². The molecule has 0 spiro atoms. The Kier molecular flexibility index (Phi) is 6.37. The zero-order chi connectivity index (χ0) is 23.5. The maximum Gasteiger partial charge on any atom is 0.278 e. The van der Waals surface area contributed by atoms with Gasteiger partial charge >= 0.3 is 0 Å². The van der Waals surface area contributed by atoms with Crippen LogP contribution in [0.4, 0.5) is 5.69 Å². The molecule has 4 rings (SSSR count). The summed E-state index contributed by atoms with van der Waals surface area (Å²) >= 11 is 1.07. The van der Waals surface area contributed by atoms with E-state index in [-0.39, 0.29) is 22.9 Å². The number of carbonyl (C=O) groups is 3. The van der Waals surface area contributed by atoms with Crippen molar-refractivity contribution in [1.82, 2.24) is 14.9 Å². The standard InChI is InChI=1S/C25H22N4O3S/c1-15-13-16(2)27-25(26-15)33-22-21(28-20-11-9-19(10-12-20)17(3)30)23(31)29(24(22)32)14-18-7-5-4-6-8-18/h4-13,28H,14H2,1-3H3. The second-order valence-corrected chi connectivity index (χ2v) is 8.66. The topological polar surface area (TPSA) is 92.3 Å². The van der Waals surface area contributed by atoms with Crippen LogP contribution < -0.4 is 5.32 Å². The fourth-order valence-electron chi connectivity index (χ4n) is 3.43. The number of nitrogens with zero attached hydrogens (tertiary/aromatic N) is 3. The van der Waals surface area contributed by atoms with Crippen molar-refractivity contribution in [3.8, 4) is 0 Å². The SMILES string of the molecule is CC(=O)c1ccc(NC2=C(Sc3nc(C)cc(C)n3)C(=O)N(Cc3ccccc3)C2=O)cc1. The lowest BCUT2D eigenvalue weighted by molar-refractivity contribution is -0.137. The van der Waals surface area contributed by atoms with E-state index < -0.39 is 11.8 Å². The highest BCUT2D eigenvalue weighted by molar-refractivity contribution is 8.04. The number of Topliss-reactive ketones (excluding diaryl/α,β-unsaturated/α-hetero) is 1. The number of aromatic nitrogens is 2. The number of aryl methyl sites for hydroxylation is 2. The monoisotopic (exact) mass is 458 g/mol. The molecule has 2 amide bonds. The first-order valence-electron chi connectivity index (χ1n) is 10.3. The highest BCUT2D eigenvalue weighted by Gasteiger charge is 2.39. The molecule has 0 atom stereocenters. The molecule has 8 heteroatoms. The lowest BCUT2D eigenvalue weighted by atomic mass is 10.1. The van der Waals surface area contributed by atoms with Gasteiger partial charge in [0.05, 0.1) is 6.54 Å². The maximum atomic E-state index is 13.3. The van der Waals surface area contributed by atoms with Gasteiger partial charge in [0, 0.05) is 22.6 Å². The van der Waals surface area contributed by atoms with Gasteiger partial charge in [-0.05, 0) is 68.4 Å². The summed E-state index contributed by atoms with van der Waals surface area (Å²) in [6.45, 7) is 5.35. The number of ketones is 1. The van der Waals surface area contributed by atoms with Crippen LogP contribution in [0.25, 0.3) is 0 Å². The summed E-state index contributed by atoms with van der Waals surface area (Å²) in [5, 5.41) is 3.48. The molecule has 0 saturated heterocycles. The number of hydrogen-bond donors (Lipinski definition) is 1. The van der Waals surface area contributed by atoms with E-state index in [0.717, 1.165) is 28.7 Å². The normalized spacial score (nSPS) is 13.6. The van der Waals surface area contributed by atoms with Crippen LogP contribution in [0.3, 0.4) is 0 Å². The lowest BCUT2D eigenvalue weighted by Crippen LogP contribution is -2.31. The Morgan fingerprint density at radius 1 is 0.939 bits per heavy atom. The van der Waals surface area contributed by atoms with Crippen LogP contribution in [-0.4, -0.2) is 32.5 Å². The van der Waals surface area contributed by atoms with Gasteiger partial charge < -0.3 is 5.32 Å². The molecular weight excluding hydrogens is 436 g/mol. The summed E-state index contributed by atoms with van der Waals surface area (Å²) in [5.41, 5.74) is 3.72. The molecule has 1 aliphatic rings. The minimum absolute atomic E-state index is 0.0508. The van der Waals surface area contributed by atoms with Crippen LogP contribution in [0, 0.1) is 13.8 Å². The molecule has 1 aliphatic heterocycles. The molecule has 0 saturated carbocycles. The van der Waals surface area contributed by atoms with Crippen molar-refractivity contribution >= 4 is 35.0 Å². The fourth-order valence-corrected chi connectivity index (χ4v) is 4.43. The smallest absolute Gasteiger partial charge is 0.278 e. The second kappa shape index (κ2) is 9.38. The Balaban J connectivity index is 1.69. The van der Waals surface area contributed by atoms with Gasteiger partial charge in [0.2, 0.25) is 0 Å². The van der Waals surface area contributed by atoms with Gasteiger partial charge in [-0.2, -0.15) is 0 Å². The van der Waals surface area contributed by atoms with Gasteiger partial charge in [-0.3, -0.25) is 19.3 Å². The van der Waals surface area contributed by atoms with E-state index >= 15 is 0 Å². The van der Waals surface area contributed by atoms with Crippen LogP contribution in [0.2, 0.25) is 0 Å². The number of anilines is 1. The fraction of sp³-hybridized carbons (Fsp3) is 0.160. The zero-order valence-corrected chi connectivity index (χ0v) is 19.3. The summed E-state index contributed by atoms with van der Waals surface area (Å²) < 4.78 is 0. The predicted octanol–water partition coefficient (Wildman–Crippen LogP) is 4.28. The molecule has 33 heavy (non-hydrogen) atoms. The van der Waals surface area contributed by atoms with Gasteiger partial charge in [-0.15, -0.1) is 0 Å². The Morgan fingerprint density at radius 3 is 2.18 bits per heavy atom. The van der Waals surface area contributed by atoms with Crippen LogP contribution in [0.1, 0.15) is 34.2 Å². The number of carbonyl (C=O) groups excluding carboxylic acids is 3. The van der Waals surface area contributed by atoms with E-state index in [0.29, 0.717) is 16.4 Å². The Hall–Kier alpha value is -3.78. The number of rotatable bonds is 7. The average molecular weight is 459 g/mol. The second-order valence-electron chi connectivity index (χ2n) is 7.68. The Morgan fingerprint density at radius 2 is 1.58 bits per heavy atom. The van der Waals surface area contributed by atoms with Crippen molar-refractivity contribution in [3.63, 3.8) is 0 Å². The molecule has 0 radical (unpaired) electrons. The largest absolute Gasteiger partial charge is 0.350 e.